The molecule has 0 aromatic heterocycles. The molecule has 3 aromatic rings. The monoisotopic (exact) mass is 544 g/mol. The van der Waals surface area contributed by atoms with Gasteiger partial charge in [0, 0.05) is 19.5 Å². The van der Waals surface area contributed by atoms with Crippen LogP contribution in [0.25, 0.3) is 0 Å². The summed E-state index contributed by atoms with van der Waals surface area (Å²) < 4.78 is 5.50. The molecule has 0 radical (unpaired) electrons. The normalized spacial score (nSPS) is 12.3. The van der Waals surface area contributed by atoms with Crippen LogP contribution in [0.5, 0.6) is 5.75 Å². The standard InChI is InChI=1S/C32H40N4O4/c1-3-31(38)36-28(18-24-14-16-27(17-15-24)40-4-2)30(37)22-34-29(19-23-8-6-5-7-9-23)32(39)35-21-26-12-10-25(20-33)11-13-26/h5-17,28-29,34H,3-4,18-22,33H2,1-2H3,(H,35,39)(H,36,38)/t28-,29+/m1/s1. The lowest BCUT2D eigenvalue weighted by atomic mass is 10.0. The van der Waals surface area contributed by atoms with Gasteiger partial charge < -0.3 is 21.1 Å². The van der Waals surface area contributed by atoms with Gasteiger partial charge in [-0.1, -0.05) is 73.7 Å². The molecule has 0 fully saturated rings. The summed E-state index contributed by atoms with van der Waals surface area (Å²) in [5, 5.41) is 8.98. The number of ketones is 1. The van der Waals surface area contributed by atoms with Gasteiger partial charge in [-0.2, -0.15) is 0 Å². The number of rotatable bonds is 16. The van der Waals surface area contributed by atoms with Crippen molar-refractivity contribution in [1.82, 2.24) is 16.0 Å². The molecule has 212 valence electrons. The maximum absolute atomic E-state index is 13.3. The summed E-state index contributed by atoms with van der Waals surface area (Å²) in [5.74, 6) is 0.140. The number of benzene rings is 3. The van der Waals surface area contributed by atoms with Gasteiger partial charge in [0.15, 0.2) is 5.78 Å². The summed E-state index contributed by atoms with van der Waals surface area (Å²) in [6.07, 6.45) is 1.02. The Morgan fingerprint density at radius 1 is 0.775 bits per heavy atom. The highest BCUT2D eigenvalue weighted by Gasteiger charge is 2.24. The molecule has 0 aliphatic rings. The molecule has 0 saturated heterocycles. The second-order valence-electron chi connectivity index (χ2n) is 9.58. The highest BCUT2D eigenvalue weighted by Crippen LogP contribution is 2.14. The molecule has 8 heteroatoms. The van der Waals surface area contributed by atoms with Crippen molar-refractivity contribution in [3.05, 3.63) is 101 Å². The summed E-state index contributed by atoms with van der Waals surface area (Å²) >= 11 is 0. The smallest absolute Gasteiger partial charge is 0.237 e. The number of carbonyl (C=O) groups excluding carboxylic acids is 3. The first kappa shape index (κ1) is 30.5. The topological polar surface area (TPSA) is 123 Å². The predicted octanol–water partition coefficient (Wildman–Crippen LogP) is 3.07. The molecule has 2 atom stereocenters. The first-order chi connectivity index (χ1) is 19.4. The van der Waals surface area contributed by atoms with E-state index < -0.39 is 12.1 Å². The number of hydrogen-bond donors (Lipinski definition) is 4. The van der Waals surface area contributed by atoms with Crippen LogP contribution < -0.4 is 26.4 Å². The second-order valence-corrected chi connectivity index (χ2v) is 9.58. The molecule has 0 bridgehead atoms. The summed E-state index contributed by atoms with van der Waals surface area (Å²) in [7, 11) is 0. The zero-order valence-corrected chi connectivity index (χ0v) is 23.3. The Morgan fingerprint density at radius 2 is 1.38 bits per heavy atom. The van der Waals surface area contributed by atoms with Crippen molar-refractivity contribution in [2.75, 3.05) is 13.2 Å². The van der Waals surface area contributed by atoms with E-state index in [2.05, 4.69) is 16.0 Å². The van der Waals surface area contributed by atoms with Gasteiger partial charge in [-0.3, -0.25) is 19.7 Å². The molecule has 0 heterocycles. The maximum Gasteiger partial charge on any atom is 0.237 e. The van der Waals surface area contributed by atoms with Crippen LogP contribution >= 0.6 is 0 Å². The molecule has 5 N–H and O–H groups in total. The average Bonchev–Trinajstić information content (AvgIpc) is 2.99. The molecular formula is C32H40N4O4. The Hall–Kier alpha value is -4.01. The van der Waals surface area contributed by atoms with E-state index in [1.54, 1.807) is 6.92 Å². The maximum atomic E-state index is 13.3. The van der Waals surface area contributed by atoms with Crippen molar-refractivity contribution in [1.29, 1.82) is 0 Å². The predicted molar refractivity (Wildman–Crippen MR) is 157 cm³/mol. The van der Waals surface area contributed by atoms with E-state index in [-0.39, 0.29) is 30.6 Å². The third-order valence-electron chi connectivity index (χ3n) is 6.57. The summed E-state index contributed by atoms with van der Waals surface area (Å²) in [5.41, 5.74) is 9.52. The van der Waals surface area contributed by atoms with E-state index in [4.69, 9.17) is 10.5 Å². The van der Waals surface area contributed by atoms with Crippen molar-refractivity contribution < 1.29 is 19.1 Å². The third kappa shape index (κ3) is 9.94. The fourth-order valence-corrected chi connectivity index (χ4v) is 4.23. The van der Waals surface area contributed by atoms with Gasteiger partial charge in [0.25, 0.3) is 0 Å². The fraction of sp³-hybridized carbons (Fsp3) is 0.344. The van der Waals surface area contributed by atoms with Crippen molar-refractivity contribution >= 4 is 17.6 Å². The van der Waals surface area contributed by atoms with Gasteiger partial charge in [-0.05, 0) is 54.2 Å². The van der Waals surface area contributed by atoms with Gasteiger partial charge in [-0.25, -0.2) is 0 Å². The van der Waals surface area contributed by atoms with E-state index in [1.165, 1.54) is 0 Å². The lowest BCUT2D eigenvalue weighted by Gasteiger charge is -2.22. The molecule has 0 aliphatic carbocycles. The first-order valence-corrected chi connectivity index (χ1v) is 13.8. The largest absolute Gasteiger partial charge is 0.494 e. The molecule has 0 saturated carbocycles. The third-order valence-corrected chi connectivity index (χ3v) is 6.57. The molecule has 40 heavy (non-hydrogen) atoms. The second kappa shape index (κ2) is 16.2. The minimum Gasteiger partial charge on any atom is -0.494 e. The molecule has 0 unspecified atom stereocenters. The number of carbonyl (C=O) groups is 3. The van der Waals surface area contributed by atoms with Crippen LogP contribution in [0, 0.1) is 0 Å². The van der Waals surface area contributed by atoms with Crippen molar-refractivity contribution in [3.8, 4) is 5.75 Å². The Kier molecular flexibility index (Phi) is 12.3. The Morgan fingerprint density at radius 3 is 2.00 bits per heavy atom. The summed E-state index contributed by atoms with van der Waals surface area (Å²) in [6, 6.07) is 23.5. The van der Waals surface area contributed by atoms with Gasteiger partial charge in [-0.15, -0.1) is 0 Å². The van der Waals surface area contributed by atoms with Crippen LogP contribution in [0.3, 0.4) is 0 Å². The number of nitrogens with two attached hydrogens (primary N) is 1. The molecular weight excluding hydrogens is 504 g/mol. The Bertz CT molecular complexity index is 1210. The van der Waals surface area contributed by atoms with Crippen molar-refractivity contribution in [3.63, 3.8) is 0 Å². The minimum absolute atomic E-state index is 0.0677. The zero-order chi connectivity index (χ0) is 28.7. The van der Waals surface area contributed by atoms with Gasteiger partial charge >= 0.3 is 0 Å². The van der Waals surface area contributed by atoms with Crippen LogP contribution in [-0.4, -0.2) is 42.8 Å². The molecule has 0 aliphatic heterocycles. The summed E-state index contributed by atoms with van der Waals surface area (Å²) in [4.78, 5) is 38.8. The highest BCUT2D eigenvalue weighted by atomic mass is 16.5. The number of hydrogen-bond acceptors (Lipinski definition) is 6. The number of Topliss-reactive ketones (excluding diaryl/α,β-unsaturated/α-hetero) is 1. The van der Waals surface area contributed by atoms with Crippen molar-refractivity contribution in [2.24, 2.45) is 5.73 Å². The quantitative estimate of drug-likeness (QED) is 0.220. The van der Waals surface area contributed by atoms with E-state index in [0.717, 1.165) is 28.0 Å². The highest BCUT2D eigenvalue weighted by molar-refractivity contribution is 5.91. The lowest BCUT2D eigenvalue weighted by molar-refractivity contribution is -0.128. The molecule has 2 amide bonds. The number of amides is 2. The van der Waals surface area contributed by atoms with E-state index in [0.29, 0.717) is 32.5 Å². The van der Waals surface area contributed by atoms with Crippen molar-refractivity contribution in [2.45, 2.75) is 58.3 Å². The van der Waals surface area contributed by atoms with Crippen LogP contribution in [0.2, 0.25) is 0 Å². The molecule has 8 nitrogen and oxygen atoms in total. The van der Waals surface area contributed by atoms with E-state index in [1.807, 2.05) is 85.8 Å². The van der Waals surface area contributed by atoms with Gasteiger partial charge in [0.05, 0.1) is 25.2 Å². The van der Waals surface area contributed by atoms with Crippen LogP contribution in [0.4, 0.5) is 0 Å². The van der Waals surface area contributed by atoms with Crippen LogP contribution in [0.1, 0.15) is 42.5 Å². The fourth-order valence-electron chi connectivity index (χ4n) is 4.23. The first-order valence-electron chi connectivity index (χ1n) is 13.8. The Balaban J connectivity index is 1.68. The van der Waals surface area contributed by atoms with Crippen LogP contribution in [0.15, 0.2) is 78.9 Å². The zero-order valence-electron chi connectivity index (χ0n) is 23.3. The SMILES string of the molecule is CCOc1ccc(C[C@@H](NC(=O)CC)C(=O)CN[C@@H](Cc2ccccc2)C(=O)NCc2ccc(CN)cc2)cc1. The van der Waals surface area contributed by atoms with E-state index in [9.17, 15) is 14.4 Å². The van der Waals surface area contributed by atoms with Gasteiger partial charge in [0.1, 0.15) is 5.75 Å². The van der Waals surface area contributed by atoms with Gasteiger partial charge in [0.2, 0.25) is 11.8 Å². The lowest BCUT2D eigenvalue weighted by Crippen LogP contribution is -2.51. The molecule has 3 aromatic carbocycles. The number of ether oxygens (including phenoxy) is 1. The molecule has 0 spiro atoms. The van der Waals surface area contributed by atoms with E-state index >= 15 is 0 Å². The minimum atomic E-state index is -0.723. The average molecular weight is 545 g/mol. The number of nitrogens with one attached hydrogen (secondary N) is 3. The summed E-state index contributed by atoms with van der Waals surface area (Å²) in [6.45, 7) is 4.98. The molecule has 3 rings (SSSR count). The van der Waals surface area contributed by atoms with Crippen LogP contribution in [-0.2, 0) is 40.3 Å². The Labute approximate surface area is 236 Å².